The van der Waals surface area contributed by atoms with E-state index in [1.165, 1.54) is 41.4 Å². The number of nitrogens with zero attached hydrogens (tertiary/aromatic N) is 5. The van der Waals surface area contributed by atoms with Gasteiger partial charge in [0.2, 0.25) is 5.91 Å². The first-order chi connectivity index (χ1) is 21.4. The SMILES string of the molecule is CC1CCCC(n2cnc(-c3cc(Cl)ccc3N(N)/C=C(\N)C(F)F)cc2=O)c2cccc(c2)-c2c(cnn2C(F)F)NC1=O. The van der Waals surface area contributed by atoms with Gasteiger partial charge in [0.05, 0.1) is 47.0 Å². The Morgan fingerprint density at radius 3 is 2.62 bits per heavy atom. The molecule has 0 spiro atoms. The summed E-state index contributed by atoms with van der Waals surface area (Å²) in [7, 11) is 0. The third kappa shape index (κ3) is 6.71. The van der Waals surface area contributed by atoms with E-state index in [2.05, 4.69) is 15.4 Å². The maximum Gasteiger partial charge on any atom is 0.333 e. The van der Waals surface area contributed by atoms with E-state index >= 15 is 0 Å². The van der Waals surface area contributed by atoms with Crippen molar-refractivity contribution < 1.29 is 22.4 Å². The van der Waals surface area contributed by atoms with Crippen molar-refractivity contribution in [2.45, 2.75) is 45.2 Å². The number of benzene rings is 2. The van der Waals surface area contributed by atoms with Gasteiger partial charge in [-0.3, -0.25) is 19.2 Å². The van der Waals surface area contributed by atoms with E-state index in [0.29, 0.717) is 40.6 Å². The number of carbonyl (C=O) groups is 1. The van der Waals surface area contributed by atoms with Gasteiger partial charge in [0, 0.05) is 34.3 Å². The fourth-order valence-electron chi connectivity index (χ4n) is 5.27. The summed E-state index contributed by atoms with van der Waals surface area (Å²) in [5.41, 5.74) is 6.06. The number of hydrazine groups is 1. The molecule has 4 aromatic rings. The van der Waals surface area contributed by atoms with Gasteiger partial charge in [-0.25, -0.2) is 24.3 Å². The number of aromatic nitrogens is 4. The highest BCUT2D eigenvalue weighted by Gasteiger charge is 2.26. The molecule has 1 amide bonds. The number of alkyl halides is 4. The van der Waals surface area contributed by atoms with E-state index in [1.54, 1.807) is 31.2 Å². The Morgan fingerprint density at radius 2 is 1.91 bits per heavy atom. The lowest BCUT2D eigenvalue weighted by Gasteiger charge is -2.23. The smallest absolute Gasteiger partial charge is 0.333 e. The first-order valence-electron chi connectivity index (χ1n) is 13.9. The molecule has 1 aliphatic heterocycles. The second kappa shape index (κ2) is 13.1. The lowest BCUT2D eigenvalue weighted by molar-refractivity contribution is -0.119. The number of anilines is 2. The number of rotatable bonds is 6. The predicted molar refractivity (Wildman–Crippen MR) is 163 cm³/mol. The van der Waals surface area contributed by atoms with Crippen molar-refractivity contribution in [3.05, 3.63) is 93.9 Å². The fourth-order valence-corrected chi connectivity index (χ4v) is 5.44. The Bertz CT molecular complexity index is 1810. The Kier molecular flexibility index (Phi) is 9.25. The fraction of sp³-hybridized carbons (Fsp3) is 0.267. The number of hydrogen-bond donors (Lipinski definition) is 3. The maximum absolute atomic E-state index is 13.9. The molecular weight excluding hydrogens is 616 g/mol. The van der Waals surface area contributed by atoms with Gasteiger partial charge in [0.1, 0.15) is 0 Å². The topological polar surface area (TPSA) is 137 Å². The summed E-state index contributed by atoms with van der Waals surface area (Å²) in [5.74, 6) is 5.23. The average molecular weight is 645 g/mol. The van der Waals surface area contributed by atoms with Crippen LogP contribution in [0.25, 0.3) is 22.5 Å². The molecule has 0 saturated heterocycles. The maximum atomic E-state index is 13.9. The average Bonchev–Trinajstić information content (AvgIpc) is 3.42. The highest BCUT2D eigenvalue weighted by atomic mass is 35.5. The molecule has 236 valence electrons. The Hall–Kier alpha value is -4.69. The summed E-state index contributed by atoms with van der Waals surface area (Å²) < 4.78 is 55.9. The molecule has 15 heteroatoms. The van der Waals surface area contributed by atoms with Gasteiger partial charge in [0.15, 0.2) is 0 Å². The molecule has 45 heavy (non-hydrogen) atoms. The number of halogens is 5. The second-order valence-electron chi connectivity index (χ2n) is 10.6. The second-order valence-corrected chi connectivity index (χ2v) is 11.0. The van der Waals surface area contributed by atoms with Gasteiger partial charge < -0.3 is 11.1 Å². The Labute approximate surface area is 259 Å². The molecular formula is C30H29ClF4N8O2. The number of nitrogens with two attached hydrogens (primary N) is 2. The molecule has 5 rings (SSSR count). The quantitative estimate of drug-likeness (QED) is 0.135. The van der Waals surface area contributed by atoms with E-state index in [9.17, 15) is 27.2 Å². The van der Waals surface area contributed by atoms with Gasteiger partial charge in [-0.2, -0.15) is 13.9 Å². The van der Waals surface area contributed by atoms with Gasteiger partial charge in [-0.15, -0.1) is 0 Å². The van der Waals surface area contributed by atoms with Crippen molar-refractivity contribution in [3.63, 3.8) is 0 Å². The van der Waals surface area contributed by atoms with Crippen molar-refractivity contribution in [1.82, 2.24) is 19.3 Å². The number of allylic oxidation sites excluding steroid dienone is 1. The van der Waals surface area contributed by atoms with Crippen LogP contribution in [0.5, 0.6) is 0 Å². The van der Waals surface area contributed by atoms with Crippen LogP contribution in [0.4, 0.5) is 28.9 Å². The van der Waals surface area contributed by atoms with E-state index < -0.39 is 36.2 Å². The van der Waals surface area contributed by atoms with Crippen LogP contribution < -0.4 is 27.5 Å². The zero-order chi connectivity index (χ0) is 32.4. The van der Waals surface area contributed by atoms with Crippen molar-refractivity contribution in [1.29, 1.82) is 0 Å². The van der Waals surface area contributed by atoms with E-state index in [1.807, 2.05) is 0 Å². The summed E-state index contributed by atoms with van der Waals surface area (Å²) in [5, 5.41) is 7.71. The minimum absolute atomic E-state index is 0.0360. The van der Waals surface area contributed by atoms with Crippen LogP contribution in [-0.4, -0.2) is 31.7 Å². The van der Waals surface area contributed by atoms with Crippen molar-refractivity contribution in [3.8, 4) is 22.5 Å². The van der Waals surface area contributed by atoms with Crippen LogP contribution in [0, 0.1) is 5.92 Å². The van der Waals surface area contributed by atoms with Gasteiger partial charge in [-0.05, 0) is 42.7 Å². The monoisotopic (exact) mass is 644 g/mol. The van der Waals surface area contributed by atoms with Crippen LogP contribution in [-0.2, 0) is 4.79 Å². The summed E-state index contributed by atoms with van der Waals surface area (Å²) in [6, 6.07) is 11.9. The number of nitrogens with one attached hydrogen (secondary N) is 1. The molecule has 0 aliphatic carbocycles. The molecule has 5 N–H and O–H groups in total. The highest BCUT2D eigenvalue weighted by Crippen LogP contribution is 2.36. The molecule has 2 unspecified atom stereocenters. The van der Waals surface area contributed by atoms with Crippen molar-refractivity contribution in [2.75, 3.05) is 10.3 Å². The lowest BCUT2D eigenvalue weighted by atomic mass is 9.94. The van der Waals surface area contributed by atoms with Gasteiger partial charge in [0.25, 0.3) is 12.0 Å². The number of fused-ring (bicyclic) bond motifs is 4. The normalized spacial score (nSPS) is 17.4. The minimum atomic E-state index is -2.96. The van der Waals surface area contributed by atoms with Crippen LogP contribution in [0.3, 0.4) is 0 Å². The molecule has 0 fully saturated rings. The molecule has 2 atom stereocenters. The van der Waals surface area contributed by atoms with Crippen LogP contribution in [0.1, 0.15) is 44.3 Å². The van der Waals surface area contributed by atoms with Crippen LogP contribution >= 0.6 is 11.6 Å². The molecule has 2 aromatic carbocycles. The number of carbonyl (C=O) groups excluding carboxylic acids is 1. The van der Waals surface area contributed by atoms with E-state index in [-0.39, 0.29) is 33.7 Å². The molecule has 2 bridgehead atoms. The first-order valence-corrected chi connectivity index (χ1v) is 14.3. The standard InChI is InChI=1S/C30H29ClF4N8O2/c1-16-4-2-7-24(17-5-3-6-18(10-17)27-23(40-29(16)45)13-39-43(27)30(34)35)41-15-38-22(12-26(41)44)20-11-19(31)8-9-25(20)42(37)14-21(36)28(32)33/h3,5-6,8-16,24,28,30H,2,4,7,36-37H2,1H3,(H,40,45)/b21-14-. The van der Waals surface area contributed by atoms with Crippen LogP contribution in [0.15, 0.2) is 77.7 Å². The van der Waals surface area contributed by atoms with E-state index in [4.69, 9.17) is 23.2 Å². The molecule has 10 nitrogen and oxygen atoms in total. The molecule has 3 heterocycles. The summed E-state index contributed by atoms with van der Waals surface area (Å²) in [6.45, 7) is -1.22. The Balaban J connectivity index is 1.59. The van der Waals surface area contributed by atoms with Crippen molar-refractivity contribution >= 4 is 28.9 Å². The minimum Gasteiger partial charge on any atom is -0.396 e. The highest BCUT2D eigenvalue weighted by molar-refractivity contribution is 6.31. The lowest BCUT2D eigenvalue weighted by Crippen LogP contribution is -2.28. The van der Waals surface area contributed by atoms with E-state index in [0.717, 1.165) is 11.2 Å². The first kappa shape index (κ1) is 31.7. The summed E-state index contributed by atoms with van der Waals surface area (Å²) >= 11 is 6.21. The van der Waals surface area contributed by atoms with Crippen LogP contribution in [0.2, 0.25) is 5.02 Å². The summed E-state index contributed by atoms with van der Waals surface area (Å²) in [6.07, 6.45) is 1.93. The van der Waals surface area contributed by atoms with Gasteiger partial charge in [-0.1, -0.05) is 43.1 Å². The molecule has 0 radical (unpaired) electrons. The molecule has 0 saturated carbocycles. The predicted octanol–water partition coefficient (Wildman–Crippen LogP) is 5.92. The number of hydrogen-bond acceptors (Lipinski definition) is 7. The van der Waals surface area contributed by atoms with Gasteiger partial charge >= 0.3 is 6.55 Å². The molecule has 2 aromatic heterocycles. The third-order valence-electron chi connectivity index (χ3n) is 7.57. The number of amides is 1. The zero-order valence-electron chi connectivity index (χ0n) is 23.9. The largest absolute Gasteiger partial charge is 0.396 e. The Morgan fingerprint density at radius 1 is 1.13 bits per heavy atom. The summed E-state index contributed by atoms with van der Waals surface area (Å²) in [4.78, 5) is 31.1. The zero-order valence-corrected chi connectivity index (χ0v) is 24.6. The molecule has 1 aliphatic rings. The van der Waals surface area contributed by atoms with Crippen molar-refractivity contribution in [2.24, 2.45) is 17.5 Å². The third-order valence-corrected chi connectivity index (χ3v) is 7.80.